The molecule has 1 N–H and O–H groups in total. The second-order valence-corrected chi connectivity index (χ2v) is 5.38. The summed E-state index contributed by atoms with van der Waals surface area (Å²) >= 11 is 0. The molecule has 0 aliphatic rings. The number of pyridine rings is 1. The molecule has 0 bridgehead atoms. The fourth-order valence-corrected chi connectivity index (χ4v) is 2.65. The minimum Gasteiger partial charge on any atom is -0.507 e. The fourth-order valence-electron chi connectivity index (χ4n) is 2.65. The Morgan fingerprint density at radius 1 is 1.00 bits per heavy atom. The normalized spacial score (nSPS) is 11.2. The Kier molecular flexibility index (Phi) is 2.99. The molecule has 0 fully saturated rings. The summed E-state index contributed by atoms with van der Waals surface area (Å²) in [5.41, 5.74) is -0.311. The number of hydrogen-bond acceptors (Lipinski definition) is 6. The number of rotatable bonds is 1. The molecular formula is C18H11NO5. The predicted octanol–water partition coefficient (Wildman–Crippen LogP) is 2.98. The molecule has 0 aliphatic carbocycles. The third-order valence-electron chi connectivity index (χ3n) is 3.75. The SMILES string of the molecule is Cc1cc(O)c(-c2ccc3c(=O)c4ccccc4oc3n2)c(=O)o1. The summed E-state index contributed by atoms with van der Waals surface area (Å²) in [5, 5.41) is 10.8. The Balaban J connectivity index is 2.05. The number of para-hydroxylation sites is 1. The molecule has 24 heavy (non-hydrogen) atoms. The summed E-state index contributed by atoms with van der Waals surface area (Å²) in [7, 11) is 0. The van der Waals surface area contributed by atoms with Gasteiger partial charge in [-0.15, -0.1) is 0 Å². The van der Waals surface area contributed by atoms with Gasteiger partial charge in [-0.3, -0.25) is 4.79 Å². The van der Waals surface area contributed by atoms with E-state index in [1.807, 2.05) is 0 Å². The summed E-state index contributed by atoms with van der Waals surface area (Å²) < 4.78 is 10.7. The van der Waals surface area contributed by atoms with E-state index in [1.54, 1.807) is 31.2 Å². The van der Waals surface area contributed by atoms with Crippen molar-refractivity contribution in [2.24, 2.45) is 0 Å². The molecule has 3 heterocycles. The van der Waals surface area contributed by atoms with E-state index in [2.05, 4.69) is 4.98 Å². The van der Waals surface area contributed by atoms with Crippen molar-refractivity contribution in [2.45, 2.75) is 6.92 Å². The van der Waals surface area contributed by atoms with E-state index in [9.17, 15) is 14.7 Å². The van der Waals surface area contributed by atoms with Gasteiger partial charge in [0, 0.05) is 6.07 Å². The van der Waals surface area contributed by atoms with Gasteiger partial charge in [-0.2, -0.15) is 0 Å². The highest BCUT2D eigenvalue weighted by molar-refractivity contribution is 5.89. The lowest BCUT2D eigenvalue weighted by atomic mass is 10.1. The van der Waals surface area contributed by atoms with Crippen molar-refractivity contribution in [3.8, 4) is 17.0 Å². The van der Waals surface area contributed by atoms with Crippen LogP contribution in [0.5, 0.6) is 5.75 Å². The van der Waals surface area contributed by atoms with Crippen LogP contribution in [0, 0.1) is 6.92 Å². The predicted molar refractivity (Wildman–Crippen MR) is 88.2 cm³/mol. The Bertz CT molecular complexity index is 1220. The van der Waals surface area contributed by atoms with Crippen LogP contribution in [0.1, 0.15) is 5.76 Å². The number of aromatic hydroxyl groups is 1. The third kappa shape index (κ3) is 2.08. The van der Waals surface area contributed by atoms with Crippen LogP contribution in [0.15, 0.2) is 60.9 Å². The lowest BCUT2D eigenvalue weighted by Gasteiger charge is -2.05. The van der Waals surface area contributed by atoms with Gasteiger partial charge in [0.2, 0.25) is 11.1 Å². The molecule has 4 rings (SSSR count). The lowest BCUT2D eigenvalue weighted by Crippen LogP contribution is -2.07. The molecule has 0 radical (unpaired) electrons. The number of aryl methyl sites for hydroxylation is 1. The molecule has 1 aromatic carbocycles. The quantitative estimate of drug-likeness (QED) is 0.542. The maximum absolute atomic E-state index is 12.5. The molecule has 0 amide bonds. The smallest absolute Gasteiger partial charge is 0.349 e. The van der Waals surface area contributed by atoms with Gasteiger partial charge in [0.25, 0.3) is 0 Å². The van der Waals surface area contributed by atoms with Gasteiger partial charge in [0.05, 0.1) is 16.5 Å². The minimum atomic E-state index is -0.706. The van der Waals surface area contributed by atoms with Crippen LogP contribution in [0.25, 0.3) is 33.3 Å². The van der Waals surface area contributed by atoms with E-state index < -0.39 is 5.63 Å². The van der Waals surface area contributed by atoms with E-state index in [1.165, 1.54) is 18.2 Å². The van der Waals surface area contributed by atoms with Crippen molar-refractivity contribution in [1.29, 1.82) is 0 Å². The van der Waals surface area contributed by atoms with Crippen LogP contribution in [0.3, 0.4) is 0 Å². The van der Waals surface area contributed by atoms with Crippen molar-refractivity contribution in [1.82, 2.24) is 4.98 Å². The Labute approximate surface area is 134 Å². The van der Waals surface area contributed by atoms with E-state index in [0.29, 0.717) is 22.1 Å². The van der Waals surface area contributed by atoms with Gasteiger partial charge >= 0.3 is 5.63 Å². The zero-order valence-electron chi connectivity index (χ0n) is 12.6. The monoisotopic (exact) mass is 321 g/mol. The maximum Gasteiger partial charge on any atom is 0.349 e. The first-order valence-corrected chi connectivity index (χ1v) is 7.21. The van der Waals surface area contributed by atoms with E-state index >= 15 is 0 Å². The molecule has 0 spiro atoms. The number of hydrogen-bond donors (Lipinski definition) is 1. The van der Waals surface area contributed by atoms with Crippen molar-refractivity contribution < 1.29 is 13.9 Å². The number of benzene rings is 1. The second-order valence-electron chi connectivity index (χ2n) is 5.38. The van der Waals surface area contributed by atoms with E-state index in [4.69, 9.17) is 8.83 Å². The molecule has 0 saturated heterocycles. The molecule has 6 heteroatoms. The zero-order chi connectivity index (χ0) is 16.8. The molecule has 0 saturated carbocycles. The van der Waals surface area contributed by atoms with Gasteiger partial charge in [-0.25, -0.2) is 9.78 Å². The van der Waals surface area contributed by atoms with Crippen molar-refractivity contribution in [2.75, 3.05) is 0 Å². The average molecular weight is 321 g/mol. The standard InChI is InChI=1S/C18H11NO5/c1-9-8-13(20)15(18(22)23-9)12-7-6-11-16(21)10-4-2-3-5-14(10)24-17(11)19-12/h2-8,20H,1H3. The van der Waals surface area contributed by atoms with Crippen LogP contribution in [0.4, 0.5) is 0 Å². The molecule has 3 aromatic heterocycles. The van der Waals surface area contributed by atoms with Crippen molar-refractivity contribution >= 4 is 22.1 Å². The minimum absolute atomic E-state index is 0.0710. The highest BCUT2D eigenvalue weighted by Gasteiger charge is 2.16. The van der Waals surface area contributed by atoms with Crippen LogP contribution < -0.4 is 11.1 Å². The average Bonchev–Trinajstić information content (AvgIpc) is 2.54. The fraction of sp³-hybridized carbons (Fsp3) is 0.0556. The molecule has 6 nitrogen and oxygen atoms in total. The molecule has 0 atom stereocenters. The zero-order valence-corrected chi connectivity index (χ0v) is 12.6. The number of nitrogens with zero attached hydrogens (tertiary/aromatic N) is 1. The maximum atomic E-state index is 12.5. The van der Waals surface area contributed by atoms with Crippen LogP contribution in [-0.2, 0) is 0 Å². The molecule has 0 unspecified atom stereocenters. The molecule has 118 valence electrons. The number of fused-ring (bicyclic) bond motifs is 2. The van der Waals surface area contributed by atoms with Crippen LogP contribution >= 0.6 is 0 Å². The molecule has 0 aliphatic heterocycles. The van der Waals surface area contributed by atoms with Gasteiger partial charge in [0.1, 0.15) is 22.7 Å². The summed E-state index contributed by atoms with van der Waals surface area (Å²) in [6.07, 6.45) is 0. The highest BCUT2D eigenvalue weighted by atomic mass is 16.4. The van der Waals surface area contributed by atoms with Crippen molar-refractivity contribution in [3.05, 3.63) is 68.9 Å². The largest absolute Gasteiger partial charge is 0.507 e. The van der Waals surface area contributed by atoms with Gasteiger partial charge < -0.3 is 13.9 Å². The molecular weight excluding hydrogens is 310 g/mol. The van der Waals surface area contributed by atoms with E-state index in [-0.39, 0.29) is 28.1 Å². The highest BCUT2D eigenvalue weighted by Crippen LogP contribution is 2.27. The van der Waals surface area contributed by atoms with Gasteiger partial charge in [0.15, 0.2) is 0 Å². The first kappa shape index (κ1) is 14.2. The summed E-state index contributed by atoms with van der Waals surface area (Å²) in [5.74, 6) is 0.0540. The molecule has 4 aromatic rings. The Morgan fingerprint density at radius 2 is 1.79 bits per heavy atom. The first-order chi connectivity index (χ1) is 11.5. The van der Waals surface area contributed by atoms with Crippen molar-refractivity contribution in [3.63, 3.8) is 0 Å². The Morgan fingerprint density at radius 3 is 2.58 bits per heavy atom. The van der Waals surface area contributed by atoms with Crippen LogP contribution in [0.2, 0.25) is 0 Å². The lowest BCUT2D eigenvalue weighted by molar-refractivity contribution is 0.438. The first-order valence-electron chi connectivity index (χ1n) is 7.21. The Hall–Kier alpha value is -3.41. The van der Waals surface area contributed by atoms with Crippen LogP contribution in [-0.4, -0.2) is 10.1 Å². The topological polar surface area (TPSA) is 93.5 Å². The summed E-state index contributed by atoms with van der Waals surface area (Å²) in [6, 6.07) is 11.2. The second kappa shape index (κ2) is 5.06. The van der Waals surface area contributed by atoms with Gasteiger partial charge in [-0.05, 0) is 31.2 Å². The van der Waals surface area contributed by atoms with Gasteiger partial charge in [-0.1, -0.05) is 12.1 Å². The third-order valence-corrected chi connectivity index (χ3v) is 3.75. The summed E-state index contributed by atoms with van der Waals surface area (Å²) in [6.45, 7) is 1.56. The van der Waals surface area contributed by atoms with E-state index in [0.717, 1.165) is 0 Å². The summed E-state index contributed by atoms with van der Waals surface area (Å²) in [4.78, 5) is 28.7. The number of aromatic nitrogens is 1.